The van der Waals surface area contributed by atoms with Crippen molar-refractivity contribution in [2.75, 3.05) is 12.4 Å². The Labute approximate surface area is 123 Å². The predicted molar refractivity (Wildman–Crippen MR) is 83.8 cm³/mol. The minimum Gasteiger partial charge on any atom is -0.497 e. The second kappa shape index (κ2) is 7.10. The van der Waals surface area contributed by atoms with E-state index < -0.39 is 0 Å². The van der Waals surface area contributed by atoms with Gasteiger partial charge in [-0.25, -0.2) is 0 Å². The molecule has 3 nitrogen and oxygen atoms in total. The third-order valence-electron chi connectivity index (χ3n) is 3.22. The van der Waals surface area contributed by atoms with E-state index in [0.29, 0.717) is 6.42 Å². The van der Waals surface area contributed by atoms with Crippen LogP contribution in [-0.4, -0.2) is 13.4 Å². The molecule has 1 aromatic carbocycles. The normalized spacial score (nSPS) is 10.3. The lowest BCUT2D eigenvalue weighted by molar-refractivity contribution is -0.107. The zero-order valence-corrected chi connectivity index (χ0v) is 12.6. The summed E-state index contributed by atoms with van der Waals surface area (Å²) in [6.45, 7) is 2.88. The van der Waals surface area contributed by atoms with Crippen LogP contribution in [0.3, 0.4) is 0 Å². The summed E-state index contributed by atoms with van der Waals surface area (Å²) in [6, 6.07) is 8.00. The van der Waals surface area contributed by atoms with E-state index in [-0.39, 0.29) is 0 Å². The smallest absolute Gasteiger partial charge is 0.125 e. The number of carbonyl (C=O) groups is 1. The van der Waals surface area contributed by atoms with Gasteiger partial charge < -0.3 is 14.8 Å². The average Bonchev–Trinajstić information content (AvgIpc) is 2.88. The Morgan fingerprint density at radius 1 is 1.30 bits per heavy atom. The number of aldehydes is 1. The lowest BCUT2D eigenvalue weighted by atomic mass is 10.1. The first kappa shape index (κ1) is 14.6. The van der Waals surface area contributed by atoms with E-state index in [1.54, 1.807) is 18.4 Å². The second-order valence-corrected chi connectivity index (χ2v) is 5.45. The van der Waals surface area contributed by atoms with Crippen molar-refractivity contribution < 1.29 is 9.53 Å². The van der Waals surface area contributed by atoms with Gasteiger partial charge in [-0.15, -0.1) is 11.3 Å². The van der Waals surface area contributed by atoms with Crippen molar-refractivity contribution in [3.05, 3.63) is 45.6 Å². The molecule has 1 N–H and O–H groups in total. The first-order valence-corrected chi connectivity index (χ1v) is 7.56. The van der Waals surface area contributed by atoms with Crippen LogP contribution in [0.2, 0.25) is 0 Å². The molecule has 2 aromatic rings. The molecule has 2 rings (SSSR count). The summed E-state index contributed by atoms with van der Waals surface area (Å²) in [7, 11) is 1.66. The van der Waals surface area contributed by atoms with Crippen LogP contribution in [0.1, 0.15) is 22.9 Å². The Hall–Kier alpha value is -1.81. The van der Waals surface area contributed by atoms with Gasteiger partial charge in [-0.3, -0.25) is 0 Å². The third-order valence-corrected chi connectivity index (χ3v) is 4.28. The molecule has 0 bridgehead atoms. The van der Waals surface area contributed by atoms with Crippen molar-refractivity contribution in [3.63, 3.8) is 0 Å². The molecule has 20 heavy (non-hydrogen) atoms. The van der Waals surface area contributed by atoms with Gasteiger partial charge in [0.05, 0.1) is 12.8 Å². The minimum atomic E-state index is 0.482. The van der Waals surface area contributed by atoms with Crippen LogP contribution in [0.25, 0.3) is 0 Å². The maximum atomic E-state index is 10.7. The standard InChI is InChI=1S/C16H19NO2S/c1-3-13-11-20-15(8-9-18)16(13)17-10-12-4-6-14(19-2)7-5-12/h4-7,9,11,17H,3,8,10H2,1-2H3. The highest BCUT2D eigenvalue weighted by Crippen LogP contribution is 2.29. The van der Waals surface area contributed by atoms with E-state index in [1.165, 1.54) is 11.1 Å². The fourth-order valence-electron chi connectivity index (χ4n) is 2.07. The molecular weight excluding hydrogens is 270 g/mol. The van der Waals surface area contributed by atoms with Crippen LogP contribution in [0.4, 0.5) is 5.69 Å². The molecule has 1 heterocycles. The summed E-state index contributed by atoms with van der Waals surface area (Å²) in [5, 5.41) is 5.60. The van der Waals surface area contributed by atoms with Gasteiger partial charge in [-0.1, -0.05) is 19.1 Å². The van der Waals surface area contributed by atoms with E-state index in [4.69, 9.17) is 4.74 Å². The fourth-order valence-corrected chi connectivity index (χ4v) is 3.13. The lowest BCUT2D eigenvalue weighted by Crippen LogP contribution is -2.03. The Kier molecular flexibility index (Phi) is 5.18. The van der Waals surface area contributed by atoms with E-state index in [2.05, 4.69) is 17.6 Å². The molecule has 0 saturated heterocycles. The van der Waals surface area contributed by atoms with E-state index in [1.807, 2.05) is 24.3 Å². The van der Waals surface area contributed by atoms with Crippen molar-refractivity contribution in [2.24, 2.45) is 0 Å². The first-order valence-electron chi connectivity index (χ1n) is 6.68. The average molecular weight is 289 g/mol. The Morgan fingerprint density at radius 3 is 2.65 bits per heavy atom. The number of hydrogen-bond donors (Lipinski definition) is 1. The molecule has 0 saturated carbocycles. The predicted octanol–water partition coefficient (Wildman–Crippen LogP) is 3.67. The molecule has 4 heteroatoms. The zero-order chi connectivity index (χ0) is 14.4. The van der Waals surface area contributed by atoms with Gasteiger partial charge in [-0.2, -0.15) is 0 Å². The Bertz CT molecular complexity index is 560. The summed E-state index contributed by atoms with van der Waals surface area (Å²) in [4.78, 5) is 11.8. The molecule has 0 radical (unpaired) electrons. The third kappa shape index (κ3) is 3.39. The highest BCUT2D eigenvalue weighted by Gasteiger charge is 2.09. The number of rotatable bonds is 7. The molecule has 0 spiro atoms. The van der Waals surface area contributed by atoms with Crippen LogP contribution < -0.4 is 10.1 Å². The van der Waals surface area contributed by atoms with Gasteiger partial charge in [0.1, 0.15) is 12.0 Å². The number of ether oxygens (including phenoxy) is 1. The number of benzene rings is 1. The summed E-state index contributed by atoms with van der Waals surface area (Å²) in [5.74, 6) is 0.861. The molecule has 0 aliphatic carbocycles. The van der Waals surface area contributed by atoms with Gasteiger partial charge >= 0.3 is 0 Å². The molecule has 0 aliphatic rings. The number of anilines is 1. The largest absolute Gasteiger partial charge is 0.497 e. The molecule has 0 fully saturated rings. The van der Waals surface area contributed by atoms with Crippen molar-refractivity contribution in [1.29, 1.82) is 0 Å². The van der Waals surface area contributed by atoms with Crippen LogP contribution in [0.5, 0.6) is 5.75 Å². The lowest BCUT2D eigenvalue weighted by Gasteiger charge is -2.10. The fraction of sp³-hybridized carbons (Fsp3) is 0.312. The minimum absolute atomic E-state index is 0.482. The van der Waals surface area contributed by atoms with Gasteiger partial charge in [0.2, 0.25) is 0 Å². The van der Waals surface area contributed by atoms with Crippen molar-refractivity contribution in [2.45, 2.75) is 26.3 Å². The Balaban J connectivity index is 2.08. The number of nitrogens with one attached hydrogen (secondary N) is 1. The number of methoxy groups -OCH3 is 1. The quantitative estimate of drug-likeness (QED) is 0.790. The number of hydrogen-bond acceptors (Lipinski definition) is 4. The monoisotopic (exact) mass is 289 g/mol. The maximum absolute atomic E-state index is 10.7. The van der Waals surface area contributed by atoms with Crippen LogP contribution >= 0.6 is 11.3 Å². The van der Waals surface area contributed by atoms with Crippen LogP contribution in [0.15, 0.2) is 29.6 Å². The summed E-state index contributed by atoms with van der Waals surface area (Å²) >= 11 is 1.65. The number of aryl methyl sites for hydroxylation is 1. The van der Waals surface area contributed by atoms with Crippen LogP contribution in [0, 0.1) is 0 Å². The van der Waals surface area contributed by atoms with Gasteiger partial charge in [0.15, 0.2) is 0 Å². The summed E-state index contributed by atoms with van der Waals surface area (Å²) < 4.78 is 5.15. The Morgan fingerprint density at radius 2 is 2.05 bits per heavy atom. The van der Waals surface area contributed by atoms with Gasteiger partial charge in [-0.05, 0) is 35.1 Å². The number of carbonyl (C=O) groups excluding carboxylic acids is 1. The molecule has 0 unspecified atom stereocenters. The SMILES string of the molecule is CCc1csc(CC=O)c1NCc1ccc(OC)cc1. The highest BCUT2D eigenvalue weighted by atomic mass is 32.1. The van der Waals surface area contributed by atoms with E-state index in [0.717, 1.165) is 35.6 Å². The highest BCUT2D eigenvalue weighted by molar-refractivity contribution is 7.10. The summed E-state index contributed by atoms with van der Waals surface area (Å²) in [5.41, 5.74) is 3.59. The second-order valence-electron chi connectivity index (χ2n) is 4.49. The van der Waals surface area contributed by atoms with Gasteiger partial charge in [0.25, 0.3) is 0 Å². The van der Waals surface area contributed by atoms with E-state index >= 15 is 0 Å². The van der Waals surface area contributed by atoms with Crippen molar-refractivity contribution >= 4 is 23.3 Å². The molecule has 0 aliphatic heterocycles. The molecule has 0 atom stereocenters. The van der Waals surface area contributed by atoms with Gasteiger partial charge in [0, 0.05) is 17.8 Å². The number of thiophene rings is 1. The van der Waals surface area contributed by atoms with E-state index in [9.17, 15) is 4.79 Å². The molecule has 0 amide bonds. The molecular formula is C16H19NO2S. The zero-order valence-electron chi connectivity index (χ0n) is 11.8. The first-order chi connectivity index (χ1) is 9.78. The molecule has 1 aromatic heterocycles. The summed E-state index contributed by atoms with van der Waals surface area (Å²) in [6.07, 6.45) is 2.42. The molecule has 106 valence electrons. The van der Waals surface area contributed by atoms with Crippen molar-refractivity contribution in [3.8, 4) is 5.75 Å². The van der Waals surface area contributed by atoms with Crippen molar-refractivity contribution in [1.82, 2.24) is 0 Å². The van der Waals surface area contributed by atoms with Crippen LogP contribution in [-0.2, 0) is 24.2 Å². The maximum Gasteiger partial charge on any atom is 0.125 e. The topological polar surface area (TPSA) is 38.3 Å².